The first-order chi connectivity index (χ1) is 24.9. The van der Waals surface area contributed by atoms with E-state index in [-0.39, 0.29) is 20.1 Å². The van der Waals surface area contributed by atoms with Gasteiger partial charge in [-0.3, -0.25) is 4.98 Å². The summed E-state index contributed by atoms with van der Waals surface area (Å²) in [6, 6.07) is 46.2. The molecule has 0 saturated carbocycles. The monoisotopic (exact) mass is 850 g/mol. The van der Waals surface area contributed by atoms with E-state index in [0.29, 0.717) is 0 Å². The molecule has 4 nitrogen and oxygen atoms in total. The summed E-state index contributed by atoms with van der Waals surface area (Å²) in [5, 5.41) is 4.46. The number of pyridine rings is 3. The molecule has 255 valence electrons. The second kappa shape index (κ2) is 14.9. The molecule has 0 saturated heterocycles. The van der Waals surface area contributed by atoms with Gasteiger partial charge in [-0.1, -0.05) is 96.2 Å². The smallest absolute Gasteiger partial charge is 0.129 e. The van der Waals surface area contributed by atoms with Crippen molar-refractivity contribution in [2.24, 2.45) is 0 Å². The number of hydrogen-bond acceptors (Lipinski definition) is 4. The number of rotatable bonds is 4. The van der Waals surface area contributed by atoms with Gasteiger partial charge in [0, 0.05) is 61.2 Å². The van der Waals surface area contributed by atoms with Crippen LogP contribution < -0.4 is 0 Å². The zero-order valence-electron chi connectivity index (χ0n) is 29.4. The second-order valence-corrected chi connectivity index (χ2v) is 13.0. The van der Waals surface area contributed by atoms with Crippen molar-refractivity contribution < 1.29 is 24.5 Å². The number of furan rings is 1. The molecular formula is C47H35IrN3O-2. The van der Waals surface area contributed by atoms with Crippen LogP contribution in [0.1, 0.15) is 22.3 Å². The predicted octanol–water partition coefficient (Wildman–Crippen LogP) is 12.1. The molecule has 9 rings (SSSR count). The number of aromatic nitrogens is 3. The van der Waals surface area contributed by atoms with Gasteiger partial charge in [0.15, 0.2) is 0 Å². The Morgan fingerprint density at radius 2 is 1.44 bits per heavy atom. The molecule has 0 aliphatic carbocycles. The van der Waals surface area contributed by atoms with Gasteiger partial charge in [0.1, 0.15) is 5.58 Å². The second-order valence-electron chi connectivity index (χ2n) is 13.0. The van der Waals surface area contributed by atoms with E-state index in [0.717, 1.165) is 77.5 Å². The maximum absolute atomic E-state index is 6.71. The Morgan fingerprint density at radius 3 is 2.25 bits per heavy atom. The van der Waals surface area contributed by atoms with Crippen LogP contribution in [0.4, 0.5) is 0 Å². The molecule has 9 aromatic rings. The largest absolute Gasteiger partial charge is 0.500 e. The molecule has 0 amide bonds. The molecule has 0 atom stereocenters. The van der Waals surface area contributed by atoms with Gasteiger partial charge in [-0.05, 0) is 77.5 Å². The van der Waals surface area contributed by atoms with Crippen molar-refractivity contribution in [2.45, 2.75) is 27.7 Å². The summed E-state index contributed by atoms with van der Waals surface area (Å²) >= 11 is 0. The third-order valence-corrected chi connectivity index (χ3v) is 9.50. The fraction of sp³-hybridized carbons (Fsp3) is 0.0851. The number of benzene rings is 5. The normalized spacial score (nSPS) is 10.9. The third-order valence-electron chi connectivity index (χ3n) is 9.50. The number of nitrogens with zero attached hydrogens (tertiary/aromatic N) is 3. The Balaban J connectivity index is 0.000000222. The summed E-state index contributed by atoms with van der Waals surface area (Å²) in [5.74, 6) is 0. The van der Waals surface area contributed by atoms with E-state index >= 15 is 0 Å². The number of fused-ring (bicyclic) bond motifs is 4. The van der Waals surface area contributed by atoms with E-state index in [4.69, 9.17) is 9.40 Å². The van der Waals surface area contributed by atoms with Crippen LogP contribution in [-0.4, -0.2) is 15.0 Å². The predicted molar refractivity (Wildman–Crippen MR) is 209 cm³/mol. The van der Waals surface area contributed by atoms with Crippen LogP contribution in [0.3, 0.4) is 0 Å². The average Bonchev–Trinajstić information content (AvgIpc) is 3.58. The van der Waals surface area contributed by atoms with Gasteiger partial charge in [0.2, 0.25) is 0 Å². The first-order valence-corrected chi connectivity index (χ1v) is 17.1. The van der Waals surface area contributed by atoms with E-state index < -0.39 is 0 Å². The van der Waals surface area contributed by atoms with Crippen LogP contribution >= 0.6 is 0 Å². The SMILES string of the molecule is Cc1c[c-]c(-c2cc(C)c(C)cn2)cc1.Cc1ccc(-c2cccc3ccncc23)c2oc3c(-c4cc(-c5ccccc5)ccn4)[c-]ccc3c12.[Ir]. The van der Waals surface area contributed by atoms with E-state index in [2.05, 4.69) is 135 Å². The van der Waals surface area contributed by atoms with Crippen LogP contribution in [0.25, 0.3) is 77.5 Å². The molecule has 0 bridgehead atoms. The minimum Gasteiger partial charge on any atom is -0.500 e. The summed E-state index contributed by atoms with van der Waals surface area (Å²) in [5.41, 5.74) is 14.8. The zero-order chi connectivity index (χ0) is 34.9. The maximum Gasteiger partial charge on any atom is 0.129 e. The van der Waals surface area contributed by atoms with Crippen molar-refractivity contribution in [3.05, 3.63) is 174 Å². The molecule has 5 heteroatoms. The molecule has 4 heterocycles. The first kappa shape index (κ1) is 34.7. The molecular weight excluding hydrogens is 815 g/mol. The minimum atomic E-state index is 0. The van der Waals surface area contributed by atoms with Crippen molar-refractivity contribution in [3.63, 3.8) is 0 Å². The van der Waals surface area contributed by atoms with Gasteiger partial charge in [0.05, 0.1) is 5.58 Å². The summed E-state index contributed by atoms with van der Waals surface area (Å²) in [7, 11) is 0. The van der Waals surface area contributed by atoms with Gasteiger partial charge in [-0.25, -0.2) is 0 Å². The van der Waals surface area contributed by atoms with Gasteiger partial charge in [-0.15, -0.1) is 53.6 Å². The minimum absolute atomic E-state index is 0. The molecule has 0 fully saturated rings. The van der Waals surface area contributed by atoms with Crippen LogP contribution in [0, 0.1) is 39.8 Å². The third kappa shape index (κ3) is 6.69. The van der Waals surface area contributed by atoms with Gasteiger partial charge < -0.3 is 14.4 Å². The van der Waals surface area contributed by atoms with Gasteiger partial charge >= 0.3 is 0 Å². The molecule has 0 aliphatic rings. The standard InChI is InChI=1S/C33H21N2O.C14H14N.Ir/c1-21-13-14-26(25-10-5-9-23-15-17-34-20-29(23)25)33-31(21)28-12-6-11-27(32(28)36-33)30-19-24(16-18-35-30)22-7-3-2-4-8-22;1-10-4-6-13(7-5-10)14-8-11(2)12(3)9-15-14;/h2-10,12-20H,1H3;4-6,8-9H,1-3H3;/q2*-1;. The van der Waals surface area contributed by atoms with E-state index in [1.165, 1.54) is 22.3 Å². The Bertz CT molecular complexity index is 2680. The van der Waals surface area contributed by atoms with Crippen LogP contribution in [0.2, 0.25) is 0 Å². The zero-order valence-corrected chi connectivity index (χ0v) is 31.8. The fourth-order valence-corrected chi connectivity index (χ4v) is 6.57. The summed E-state index contributed by atoms with van der Waals surface area (Å²) in [6.07, 6.45) is 7.53. The summed E-state index contributed by atoms with van der Waals surface area (Å²) < 4.78 is 6.71. The molecule has 5 aromatic carbocycles. The van der Waals surface area contributed by atoms with Crippen molar-refractivity contribution in [1.82, 2.24) is 15.0 Å². The van der Waals surface area contributed by atoms with E-state index in [1.807, 2.05) is 55.1 Å². The Kier molecular flexibility index (Phi) is 9.91. The summed E-state index contributed by atoms with van der Waals surface area (Å²) in [4.78, 5) is 13.5. The van der Waals surface area contributed by atoms with E-state index in [9.17, 15) is 0 Å². The molecule has 0 aliphatic heterocycles. The number of hydrogen-bond donors (Lipinski definition) is 0. The molecule has 0 spiro atoms. The van der Waals surface area contributed by atoms with Gasteiger partial charge in [0.25, 0.3) is 0 Å². The van der Waals surface area contributed by atoms with Crippen molar-refractivity contribution >= 4 is 32.7 Å². The van der Waals surface area contributed by atoms with E-state index in [1.54, 1.807) is 0 Å². The Labute approximate surface area is 317 Å². The average molecular weight is 850 g/mol. The fourth-order valence-electron chi connectivity index (χ4n) is 6.57. The van der Waals surface area contributed by atoms with Crippen LogP contribution in [0.15, 0.2) is 144 Å². The summed E-state index contributed by atoms with van der Waals surface area (Å²) in [6.45, 7) is 8.38. The topological polar surface area (TPSA) is 51.8 Å². The van der Waals surface area contributed by atoms with Crippen LogP contribution in [0.5, 0.6) is 0 Å². The molecule has 0 unspecified atom stereocenters. The Morgan fingerprint density at radius 1 is 0.577 bits per heavy atom. The molecule has 1 radical (unpaired) electrons. The van der Waals surface area contributed by atoms with Crippen molar-refractivity contribution in [1.29, 1.82) is 0 Å². The number of aryl methyl sites for hydroxylation is 4. The maximum atomic E-state index is 6.71. The van der Waals surface area contributed by atoms with Crippen LogP contribution in [-0.2, 0) is 20.1 Å². The molecule has 52 heavy (non-hydrogen) atoms. The Hall–Kier alpha value is -5.74. The van der Waals surface area contributed by atoms with Crippen molar-refractivity contribution in [2.75, 3.05) is 0 Å². The molecule has 4 aromatic heterocycles. The quantitative estimate of drug-likeness (QED) is 0.166. The van der Waals surface area contributed by atoms with Crippen molar-refractivity contribution in [3.8, 4) is 44.8 Å². The van der Waals surface area contributed by atoms with Gasteiger partial charge in [-0.2, -0.15) is 0 Å². The first-order valence-electron chi connectivity index (χ1n) is 17.1. The molecule has 0 N–H and O–H groups in total.